The zero-order valence-corrected chi connectivity index (χ0v) is 15.2. The third kappa shape index (κ3) is 4.33. The fourth-order valence-electron chi connectivity index (χ4n) is 2.68. The first kappa shape index (κ1) is 17.8. The number of nitrogens with zero attached hydrogens (tertiary/aromatic N) is 3. The van der Waals surface area contributed by atoms with E-state index >= 15 is 0 Å². The number of ether oxygens (including phenoxy) is 1. The Morgan fingerprint density at radius 2 is 1.96 bits per heavy atom. The molecule has 1 fully saturated rings. The molecule has 0 aliphatic carbocycles. The zero-order valence-electron chi connectivity index (χ0n) is 14.4. The molecule has 0 saturated carbocycles. The van der Waals surface area contributed by atoms with Crippen LogP contribution in [-0.4, -0.2) is 44.7 Å². The summed E-state index contributed by atoms with van der Waals surface area (Å²) < 4.78 is 33.1. The number of morpholine rings is 1. The highest BCUT2D eigenvalue weighted by Gasteiger charge is 2.18. The monoisotopic (exact) mass is 362 g/mol. The van der Waals surface area contributed by atoms with Crippen LogP contribution in [0.25, 0.3) is 0 Å². The number of anilines is 1. The number of aryl methyl sites for hydroxylation is 2. The molecule has 1 aromatic carbocycles. The molecule has 0 atom stereocenters. The first-order chi connectivity index (χ1) is 12.0. The Balaban J connectivity index is 1.73. The van der Waals surface area contributed by atoms with Crippen LogP contribution in [0.5, 0.6) is 0 Å². The van der Waals surface area contributed by atoms with Gasteiger partial charge in [-0.15, -0.1) is 0 Å². The Labute approximate surface area is 148 Å². The van der Waals surface area contributed by atoms with E-state index in [1.54, 1.807) is 25.3 Å². The Bertz CT molecular complexity index is 849. The summed E-state index contributed by atoms with van der Waals surface area (Å²) in [6.45, 7) is 6.57. The number of sulfonamides is 1. The van der Waals surface area contributed by atoms with Crippen LogP contribution in [0.1, 0.15) is 17.0 Å². The molecule has 7 nitrogen and oxygen atoms in total. The molecule has 8 heteroatoms. The summed E-state index contributed by atoms with van der Waals surface area (Å²) in [6.07, 6.45) is 1.65. The zero-order chi connectivity index (χ0) is 17.9. The van der Waals surface area contributed by atoms with Crippen LogP contribution in [0, 0.1) is 13.8 Å². The third-order valence-electron chi connectivity index (χ3n) is 4.08. The summed E-state index contributed by atoms with van der Waals surface area (Å²) in [5.41, 5.74) is 1.61. The van der Waals surface area contributed by atoms with E-state index in [9.17, 15) is 8.42 Å². The second-order valence-electron chi connectivity index (χ2n) is 6.02. The fraction of sp³-hybridized carbons (Fsp3) is 0.412. The van der Waals surface area contributed by atoms with Crippen LogP contribution in [0.4, 0.5) is 5.82 Å². The predicted molar refractivity (Wildman–Crippen MR) is 95.0 cm³/mol. The van der Waals surface area contributed by atoms with Crippen molar-refractivity contribution in [1.29, 1.82) is 0 Å². The minimum atomic E-state index is -3.61. The number of benzene rings is 1. The maximum Gasteiger partial charge on any atom is 0.241 e. The highest BCUT2D eigenvalue weighted by molar-refractivity contribution is 7.89. The first-order valence-corrected chi connectivity index (χ1v) is 9.65. The van der Waals surface area contributed by atoms with Crippen LogP contribution in [0.15, 0.2) is 35.4 Å². The van der Waals surface area contributed by atoms with Gasteiger partial charge in [0, 0.05) is 19.3 Å². The lowest BCUT2D eigenvalue weighted by Gasteiger charge is -2.27. The number of hydrogen-bond donors (Lipinski definition) is 1. The van der Waals surface area contributed by atoms with E-state index in [0.29, 0.717) is 24.6 Å². The molecule has 134 valence electrons. The molecule has 0 amide bonds. The summed E-state index contributed by atoms with van der Waals surface area (Å²) in [5, 5.41) is 0. The van der Waals surface area contributed by atoms with E-state index in [-0.39, 0.29) is 11.4 Å². The van der Waals surface area contributed by atoms with E-state index in [0.717, 1.165) is 24.5 Å². The Morgan fingerprint density at radius 3 is 2.72 bits per heavy atom. The first-order valence-electron chi connectivity index (χ1n) is 8.17. The van der Waals surface area contributed by atoms with Crippen molar-refractivity contribution < 1.29 is 13.2 Å². The van der Waals surface area contributed by atoms with Crippen LogP contribution < -0.4 is 9.62 Å². The molecular formula is C17H22N4O3S. The van der Waals surface area contributed by atoms with Gasteiger partial charge < -0.3 is 9.64 Å². The normalized spacial score (nSPS) is 15.4. The molecular weight excluding hydrogens is 340 g/mol. The van der Waals surface area contributed by atoms with Crippen molar-refractivity contribution in [2.24, 2.45) is 0 Å². The standard InChI is InChI=1S/C17H22N4O3S/c1-13-3-4-14(2)15(11-13)25(22,23)19-12-16-18-6-5-17(20-16)21-7-9-24-10-8-21/h3-6,11,19H,7-10,12H2,1-2H3. The Hall–Kier alpha value is -2.03. The number of aromatic nitrogens is 2. The van der Waals surface area contributed by atoms with E-state index < -0.39 is 10.0 Å². The van der Waals surface area contributed by atoms with Gasteiger partial charge in [-0.2, -0.15) is 0 Å². The van der Waals surface area contributed by atoms with Crippen LogP contribution in [-0.2, 0) is 21.3 Å². The average Bonchev–Trinajstić information content (AvgIpc) is 2.63. The largest absolute Gasteiger partial charge is 0.378 e. The maximum absolute atomic E-state index is 12.6. The van der Waals surface area contributed by atoms with Crippen LogP contribution in [0.3, 0.4) is 0 Å². The van der Waals surface area contributed by atoms with Crippen molar-refractivity contribution in [3.8, 4) is 0 Å². The molecule has 0 bridgehead atoms. The lowest BCUT2D eigenvalue weighted by Crippen LogP contribution is -2.37. The van der Waals surface area contributed by atoms with Gasteiger partial charge in [-0.1, -0.05) is 12.1 Å². The van der Waals surface area contributed by atoms with Crippen molar-refractivity contribution in [2.75, 3.05) is 31.2 Å². The van der Waals surface area contributed by atoms with Gasteiger partial charge in [0.1, 0.15) is 11.6 Å². The number of rotatable bonds is 5. The highest BCUT2D eigenvalue weighted by atomic mass is 32.2. The molecule has 3 rings (SSSR count). The van der Waals surface area contributed by atoms with Gasteiger partial charge in [0.15, 0.2) is 0 Å². The summed E-state index contributed by atoms with van der Waals surface area (Å²) in [5.74, 6) is 1.23. The van der Waals surface area contributed by atoms with E-state index in [4.69, 9.17) is 4.74 Å². The number of nitrogens with one attached hydrogen (secondary N) is 1. The van der Waals surface area contributed by atoms with Crippen molar-refractivity contribution in [2.45, 2.75) is 25.3 Å². The third-order valence-corrected chi connectivity index (χ3v) is 5.62. The average molecular weight is 362 g/mol. The van der Waals surface area contributed by atoms with E-state index in [1.165, 1.54) is 0 Å². The Kier molecular flexibility index (Phi) is 5.31. The van der Waals surface area contributed by atoms with E-state index in [1.807, 2.05) is 19.1 Å². The lowest BCUT2D eigenvalue weighted by molar-refractivity contribution is 0.122. The fourth-order valence-corrected chi connectivity index (χ4v) is 3.98. The van der Waals surface area contributed by atoms with Gasteiger partial charge in [-0.05, 0) is 37.1 Å². The second kappa shape index (κ2) is 7.47. The maximum atomic E-state index is 12.6. The minimum Gasteiger partial charge on any atom is -0.378 e. The molecule has 25 heavy (non-hydrogen) atoms. The SMILES string of the molecule is Cc1ccc(C)c(S(=O)(=O)NCc2nccc(N3CCOCC3)n2)c1. The number of hydrogen-bond acceptors (Lipinski definition) is 6. The molecule has 1 aromatic heterocycles. The summed E-state index contributed by atoms with van der Waals surface area (Å²) in [6, 6.07) is 7.19. The van der Waals surface area contributed by atoms with Gasteiger partial charge in [0.25, 0.3) is 0 Å². The van der Waals surface area contributed by atoms with Crippen molar-refractivity contribution >= 4 is 15.8 Å². The molecule has 2 heterocycles. The van der Waals surface area contributed by atoms with Crippen molar-refractivity contribution in [3.05, 3.63) is 47.4 Å². The van der Waals surface area contributed by atoms with Crippen molar-refractivity contribution in [1.82, 2.24) is 14.7 Å². The van der Waals surface area contributed by atoms with Gasteiger partial charge in [0.05, 0.1) is 24.7 Å². The molecule has 0 unspecified atom stereocenters. The molecule has 0 radical (unpaired) electrons. The smallest absolute Gasteiger partial charge is 0.241 e. The molecule has 1 saturated heterocycles. The van der Waals surface area contributed by atoms with Gasteiger partial charge in [-0.25, -0.2) is 23.1 Å². The minimum absolute atomic E-state index is 0.0495. The second-order valence-corrected chi connectivity index (χ2v) is 7.76. The molecule has 1 N–H and O–H groups in total. The van der Waals surface area contributed by atoms with Gasteiger partial charge in [-0.3, -0.25) is 0 Å². The van der Waals surface area contributed by atoms with Crippen LogP contribution in [0.2, 0.25) is 0 Å². The summed E-state index contributed by atoms with van der Waals surface area (Å²) in [7, 11) is -3.61. The quantitative estimate of drug-likeness (QED) is 0.866. The lowest BCUT2D eigenvalue weighted by atomic mass is 10.2. The molecule has 1 aliphatic rings. The van der Waals surface area contributed by atoms with Crippen molar-refractivity contribution in [3.63, 3.8) is 0 Å². The molecule has 2 aromatic rings. The van der Waals surface area contributed by atoms with Crippen LogP contribution >= 0.6 is 0 Å². The van der Waals surface area contributed by atoms with Gasteiger partial charge in [0.2, 0.25) is 10.0 Å². The molecule has 1 aliphatic heterocycles. The summed E-state index contributed by atoms with van der Waals surface area (Å²) in [4.78, 5) is 11.0. The predicted octanol–water partition coefficient (Wildman–Crippen LogP) is 1.41. The van der Waals surface area contributed by atoms with E-state index in [2.05, 4.69) is 19.6 Å². The Morgan fingerprint density at radius 1 is 1.20 bits per heavy atom. The van der Waals surface area contributed by atoms with Gasteiger partial charge >= 0.3 is 0 Å². The molecule has 0 spiro atoms. The summed E-state index contributed by atoms with van der Waals surface area (Å²) >= 11 is 0. The topological polar surface area (TPSA) is 84.4 Å². The highest BCUT2D eigenvalue weighted by Crippen LogP contribution is 2.17.